The molecule has 2 aromatic heterocycles. The van der Waals surface area contributed by atoms with E-state index >= 15 is 0 Å². The van der Waals surface area contributed by atoms with E-state index in [0.29, 0.717) is 6.42 Å². The summed E-state index contributed by atoms with van der Waals surface area (Å²) in [6.07, 6.45) is 0.540. The highest BCUT2D eigenvalue weighted by molar-refractivity contribution is 7.12. The van der Waals surface area contributed by atoms with Gasteiger partial charge in [0.05, 0.1) is 4.88 Å². The van der Waals surface area contributed by atoms with Crippen molar-refractivity contribution in [2.75, 3.05) is 7.11 Å². The molecule has 0 aliphatic carbocycles. The molecule has 0 amide bonds. The molecule has 1 N–H and O–H groups in total. The molecule has 0 spiro atoms. The van der Waals surface area contributed by atoms with E-state index in [0.717, 1.165) is 16.9 Å². The second kappa shape index (κ2) is 6.50. The Morgan fingerprint density at radius 1 is 1.20 bits per heavy atom. The number of rotatable bonds is 3. The molecule has 0 saturated carbocycles. The van der Waals surface area contributed by atoms with Crippen LogP contribution in [0.5, 0.6) is 0 Å². The smallest absolute Gasteiger partial charge is 0.177 e. The van der Waals surface area contributed by atoms with Gasteiger partial charge in [0.25, 0.3) is 0 Å². The van der Waals surface area contributed by atoms with Gasteiger partial charge in [0.1, 0.15) is 0 Å². The molecule has 0 unspecified atom stereocenters. The molecule has 0 aromatic carbocycles. The Morgan fingerprint density at radius 2 is 1.87 bits per heavy atom. The average molecular weight is 240 g/mol. The summed E-state index contributed by atoms with van der Waals surface area (Å²) < 4.78 is 0. The molecule has 0 aliphatic rings. The van der Waals surface area contributed by atoms with Gasteiger partial charge in [-0.2, -0.15) is 0 Å². The van der Waals surface area contributed by atoms with Crippen LogP contribution in [0.2, 0.25) is 0 Å². The van der Waals surface area contributed by atoms with Crippen molar-refractivity contribution in [3.05, 3.63) is 44.8 Å². The first kappa shape index (κ1) is 12.1. The van der Waals surface area contributed by atoms with Gasteiger partial charge in [-0.25, -0.2) is 0 Å². The maximum Gasteiger partial charge on any atom is 0.177 e. The zero-order valence-electron chi connectivity index (χ0n) is 8.34. The predicted molar refractivity (Wildman–Crippen MR) is 64.8 cm³/mol. The summed E-state index contributed by atoms with van der Waals surface area (Å²) >= 11 is 3.14. The molecule has 4 heteroatoms. The van der Waals surface area contributed by atoms with Gasteiger partial charge in [-0.3, -0.25) is 4.79 Å². The van der Waals surface area contributed by atoms with Gasteiger partial charge in [0.15, 0.2) is 5.78 Å². The molecule has 2 aromatic rings. The Kier molecular flexibility index (Phi) is 5.25. The van der Waals surface area contributed by atoms with Crippen molar-refractivity contribution >= 4 is 28.5 Å². The van der Waals surface area contributed by atoms with Crippen molar-refractivity contribution in [1.29, 1.82) is 0 Å². The van der Waals surface area contributed by atoms with Crippen LogP contribution in [0.15, 0.2) is 35.0 Å². The minimum absolute atomic E-state index is 0.220. The normalized spacial score (nSPS) is 9.20. The molecular weight excluding hydrogens is 228 g/mol. The summed E-state index contributed by atoms with van der Waals surface area (Å²) in [6, 6.07) is 7.75. The molecule has 0 bridgehead atoms. The monoisotopic (exact) mass is 240 g/mol. The lowest BCUT2D eigenvalue weighted by Gasteiger charge is -1.93. The second-order valence-electron chi connectivity index (χ2n) is 2.66. The largest absolute Gasteiger partial charge is 0.400 e. The van der Waals surface area contributed by atoms with Crippen LogP contribution in [-0.4, -0.2) is 18.0 Å². The number of carbonyl (C=O) groups excluding carboxylic acids is 1. The number of aliphatic hydroxyl groups is 1. The average Bonchev–Trinajstić information content (AvgIpc) is 2.92. The highest BCUT2D eigenvalue weighted by Crippen LogP contribution is 2.15. The number of carbonyl (C=O) groups is 1. The van der Waals surface area contributed by atoms with Crippen molar-refractivity contribution in [3.63, 3.8) is 0 Å². The van der Waals surface area contributed by atoms with Crippen LogP contribution in [0.25, 0.3) is 0 Å². The van der Waals surface area contributed by atoms with E-state index < -0.39 is 0 Å². The molecule has 0 saturated heterocycles. The van der Waals surface area contributed by atoms with Gasteiger partial charge in [-0.1, -0.05) is 12.1 Å². The van der Waals surface area contributed by atoms with Crippen molar-refractivity contribution < 1.29 is 9.90 Å². The lowest BCUT2D eigenvalue weighted by atomic mass is 10.2. The van der Waals surface area contributed by atoms with E-state index in [1.54, 1.807) is 11.3 Å². The first-order valence-electron chi connectivity index (χ1n) is 4.40. The minimum atomic E-state index is 0.220. The maximum atomic E-state index is 11.6. The lowest BCUT2D eigenvalue weighted by molar-refractivity contribution is 0.0997. The van der Waals surface area contributed by atoms with Gasteiger partial charge in [0.2, 0.25) is 0 Å². The molecule has 2 nitrogen and oxygen atoms in total. The molecular formula is C11H12O2S2. The number of Topliss-reactive ketones (excluding diaryl/α,β-unsaturated/α-hetero) is 1. The molecule has 2 heterocycles. The molecule has 80 valence electrons. The fourth-order valence-electron chi connectivity index (χ4n) is 1.10. The fraction of sp³-hybridized carbons (Fsp3) is 0.182. The van der Waals surface area contributed by atoms with E-state index in [1.165, 1.54) is 11.3 Å². The Hall–Kier alpha value is -0.970. The predicted octanol–water partition coefficient (Wildman–Crippen LogP) is 2.84. The number of thiophene rings is 2. The molecule has 0 atom stereocenters. The summed E-state index contributed by atoms with van der Waals surface area (Å²) in [4.78, 5) is 13.6. The van der Waals surface area contributed by atoms with Crippen molar-refractivity contribution in [2.45, 2.75) is 6.42 Å². The number of ketones is 1. The van der Waals surface area contributed by atoms with E-state index in [1.807, 2.05) is 35.0 Å². The lowest BCUT2D eigenvalue weighted by Crippen LogP contribution is -1.98. The van der Waals surface area contributed by atoms with Crippen molar-refractivity contribution in [2.24, 2.45) is 0 Å². The Bertz CT molecular complexity index is 377. The van der Waals surface area contributed by atoms with Crippen LogP contribution in [0.3, 0.4) is 0 Å². The number of hydrogen-bond donors (Lipinski definition) is 1. The first-order valence-corrected chi connectivity index (χ1v) is 6.16. The topological polar surface area (TPSA) is 37.3 Å². The first-order chi connectivity index (χ1) is 7.36. The van der Waals surface area contributed by atoms with Gasteiger partial charge < -0.3 is 5.11 Å². The van der Waals surface area contributed by atoms with Crippen molar-refractivity contribution in [3.8, 4) is 0 Å². The molecule has 0 aliphatic heterocycles. The Morgan fingerprint density at radius 3 is 2.40 bits per heavy atom. The van der Waals surface area contributed by atoms with E-state index in [4.69, 9.17) is 5.11 Å². The van der Waals surface area contributed by atoms with E-state index in [-0.39, 0.29) is 5.78 Å². The van der Waals surface area contributed by atoms with E-state index in [2.05, 4.69) is 0 Å². The third-order valence-corrected chi connectivity index (χ3v) is 3.50. The van der Waals surface area contributed by atoms with Gasteiger partial charge in [-0.15, -0.1) is 22.7 Å². The second-order valence-corrected chi connectivity index (χ2v) is 4.64. The minimum Gasteiger partial charge on any atom is -0.400 e. The van der Waals surface area contributed by atoms with Crippen LogP contribution in [0, 0.1) is 0 Å². The Labute approximate surface area is 96.8 Å². The van der Waals surface area contributed by atoms with Crippen molar-refractivity contribution in [1.82, 2.24) is 0 Å². The number of hydrogen-bond acceptors (Lipinski definition) is 4. The van der Waals surface area contributed by atoms with Crippen LogP contribution in [-0.2, 0) is 6.42 Å². The maximum absolute atomic E-state index is 11.6. The summed E-state index contributed by atoms with van der Waals surface area (Å²) in [5.74, 6) is 0.220. The summed E-state index contributed by atoms with van der Waals surface area (Å²) in [5.41, 5.74) is 0. The van der Waals surface area contributed by atoms with Gasteiger partial charge in [0, 0.05) is 18.4 Å². The molecule has 2 rings (SSSR count). The summed E-state index contributed by atoms with van der Waals surface area (Å²) in [7, 11) is 1.00. The molecule has 0 radical (unpaired) electrons. The van der Waals surface area contributed by atoms with Crippen LogP contribution in [0.4, 0.5) is 0 Å². The standard InChI is InChI=1S/C10H8OS2.CH4O/c11-9(10-4-2-6-13-10)7-8-3-1-5-12-8;1-2/h1-6H,7H2;2H,1H3. The number of aliphatic hydroxyl groups excluding tert-OH is 1. The summed E-state index contributed by atoms with van der Waals surface area (Å²) in [6.45, 7) is 0. The van der Waals surface area contributed by atoms with Gasteiger partial charge in [-0.05, 0) is 22.9 Å². The quantitative estimate of drug-likeness (QED) is 0.838. The highest BCUT2D eigenvalue weighted by Gasteiger charge is 2.07. The SMILES string of the molecule is CO.O=C(Cc1cccs1)c1cccs1. The van der Waals surface area contributed by atoms with Crippen LogP contribution < -0.4 is 0 Å². The summed E-state index contributed by atoms with van der Waals surface area (Å²) in [5, 5.41) is 10.9. The third-order valence-electron chi connectivity index (χ3n) is 1.71. The zero-order chi connectivity index (χ0) is 11.1. The van der Waals surface area contributed by atoms with Gasteiger partial charge >= 0.3 is 0 Å². The zero-order valence-corrected chi connectivity index (χ0v) is 9.98. The van der Waals surface area contributed by atoms with Crippen LogP contribution >= 0.6 is 22.7 Å². The highest BCUT2D eigenvalue weighted by atomic mass is 32.1. The molecule has 15 heavy (non-hydrogen) atoms. The van der Waals surface area contributed by atoms with Crippen LogP contribution in [0.1, 0.15) is 14.5 Å². The third kappa shape index (κ3) is 3.58. The Balaban J connectivity index is 0.000000531. The van der Waals surface area contributed by atoms with E-state index in [9.17, 15) is 4.79 Å². The fourth-order valence-corrected chi connectivity index (χ4v) is 2.46. The molecule has 0 fully saturated rings.